The summed E-state index contributed by atoms with van der Waals surface area (Å²) in [5, 5.41) is 12.0. The van der Waals surface area contributed by atoms with Crippen LogP contribution in [0.5, 0.6) is 0 Å². The van der Waals surface area contributed by atoms with Gasteiger partial charge in [0, 0.05) is 36.8 Å². The number of fused-ring (bicyclic) bond motifs is 1. The lowest BCUT2D eigenvalue weighted by Crippen LogP contribution is -2.45. The summed E-state index contributed by atoms with van der Waals surface area (Å²) in [6.45, 7) is 3.58. The summed E-state index contributed by atoms with van der Waals surface area (Å²) in [5.74, 6) is 0.787. The van der Waals surface area contributed by atoms with Crippen LogP contribution in [0.2, 0.25) is 0 Å². The van der Waals surface area contributed by atoms with E-state index < -0.39 is 5.63 Å². The highest BCUT2D eigenvalue weighted by molar-refractivity contribution is 5.87. The Labute approximate surface area is 162 Å². The number of hydrogen-bond donors (Lipinski definition) is 1. The Hall–Kier alpha value is -3.22. The first-order chi connectivity index (χ1) is 13.6. The van der Waals surface area contributed by atoms with Crippen LogP contribution in [0, 0.1) is 6.92 Å². The van der Waals surface area contributed by atoms with Crippen molar-refractivity contribution < 1.29 is 9.21 Å². The molecule has 0 radical (unpaired) electrons. The molecule has 144 valence electrons. The first-order valence-corrected chi connectivity index (χ1v) is 9.44. The van der Waals surface area contributed by atoms with Gasteiger partial charge in [0.05, 0.1) is 6.42 Å². The predicted octanol–water partition coefficient (Wildman–Crippen LogP) is 2.22. The van der Waals surface area contributed by atoms with Gasteiger partial charge >= 0.3 is 5.63 Å². The van der Waals surface area contributed by atoms with Crippen LogP contribution in [-0.2, 0) is 11.2 Å². The summed E-state index contributed by atoms with van der Waals surface area (Å²) < 4.78 is 5.26. The van der Waals surface area contributed by atoms with Gasteiger partial charge in [0.25, 0.3) is 0 Å². The Morgan fingerprint density at radius 2 is 2.07 bits per heavy atom. The minimum atomic E-state index is -0.432. The normalized spacial score (nSPS) is 15.0. The highest BCUT2D eigenvalue weighted by Crippen LogP contribution is 2.20. The number of rotatable bonds is 4. The Balaban J connectivity index is 1.39. The maximum absolute atomic E-state index is 12.6. The average Bonchev–Trinajstić information content (AvgIpc) is 2.68. The van der Waals surface area contributed by atoms with Crippen molar-refractivity contribution in [3.8, 4) is 0 Å². The fraction of sp³-hybridized carbons (Fsp3) is 0.333. The third-order valence-electron chi connectivity index (χ3n) is 5.08. The van der Waals surface area contributed by atoms with E-state index >= 15 is 0 Å². The van der Waals surface area contributed by atoms with Crippen LogP contribution in [0.25, 0.3) is 11.0 Å². The van der Waals surface area contributed by atoms with Gasteiger partial charge in [-0.15, -0.1) is 5.10 Å². The molecule has 7 heteroatoms. The first kappa shape index (κ1) is 18.2. The minimum Gasteiger partial charge on any atom is -0.423 e. The van der Waals surface area contributed by atoms with Crippen molar-refractivity contribution in [3.05, 3.63) is 64.1 Å². The Kier molecular flexibility index (Phi) is 5.06. The van der Waals surface area contributed by atoms with Gasteiger partial charge in [-0.05, 0) is 49.1 Å². The molecule has 1 N–H and O–H groups in total. The number of aromatic nitrogens is 2. The average molecular weight is 378 g/mol. The van der Waals surface area contributed by atoms with E-state index in [1.165, 1.54) is 6.07 Å². The number of hydrogen-bond acceptors (Lipinski definition) is 6. The first-order valence-electron chi connectivity index (χ1n) is 9.44. The minimum absolute atomic E-state index is 0.0783. The van der Waals surface area contributed by atoms with Gasteiger partial charge in [0.1, 0.15) is 5.58 Å². The molecule has 1 saturated heterocycles. The fourth-order valence-electron chi connectivity index (χ4n) is 3.65. The molecule has 4 rings (SSSR count). The smallest absolute Gasteiger partial charge is 0.336 e. The number of carbonyl (C=O) groups excluding carboxylic acids is 1. The second-order valence-corrected chi connectivity index (χ2v) is 7.18. The van der Waals surface area contributed by atoms with Gasteiger partial charge < -0.3 is 14.6 Å². The monoisotopic (exact) mass is 378 g/mol. The number of anilines is 1. The zero-order chi connectivity index (χ0) is 19.5. The lowest BCUT2D eigenvalue weighted by molar-refractivity contribution is -0.121. The molecule has 28 heavy (non-hydrogen) atoms. The Bertz CT molecular complexity index is 1040. The van der Waals surface area contributed by atoms with E-state index in [2.05, 4.69) is 20.4 Å². The van der Waals surface area contributed by atoms with Crippen molar-refractivity contribution in [2.24, 2.45) is 0 Å². The molecule has 1 aliphatic heterocycles. The summed E-state index contributed by atoms with van der Waals surface area (Å²) >= 11 is 0. The third-order valence-corrected chi connectivity index (χ3v) is 5.08. The molecule has 0 unspecified atom stereocenters. The summed E-state index contributed by atoms with van der Waals surface area (Å²) in [6.07, 6.45) is 3.51. The third kappa shape index (κ3) is 4.03. The maximum atomic E-state index is 12.6. The number of nitrogens with zero attached hydrogens (tertiary/aromatic N) is 3. The summed E-state index contributed by atoms with van der Waals surface area (Å²) in [5.41, 5.74) is 1.79. The van der Waals surface area contributed by atoms with E-state index in [0.29, 0.717) is 11.1 Å². The van der Waals surface area contributed by atoms with Gasteiger partial charge in [-0.3, -0.25) is 4.79 Å². The van der Waals surface area contributed by atoms with Crippen molar-refractivity contribution in [2.75, 3.05) is 18.0 Å². The number of nitrogens with one attached hydrogen (secondary N) is 1. The SMILES string of the molecule is Cc1ccc2c(CC(=O)NC3CCN(c4cccnn4)CC3)cc(=O)oc2c1. The van der Waals surface area contributed by atoms with Crippen molar-refractivity contribution >= 4 is 22.7 Å². The molecule has 3 heterocycles. The van der Waals surface area contributed by atoms with Crippen LogP contribution in [0.15, 0.2) is 51.8 Å². The standard InChI is InChI=1S/C21H22N4O3/c1-14-4-5-17-15(13-21(27)28-18(17)11-14)12-20(26)23-16-6-9-25(10-7-16)19-3-2-8-22-24-19/h2-5,8,11,13,16H,6-7,9-10,12H2,1H3,(H,23,26). The van der Waals surface area contributed by atoms with Crippen molar-refractivity contribution in [2.45, 2.75) is 32.2 Å². The molecular weight excluding hydrogens is 356 g/mol. The summed E-state index contributed by atoms with van der Waals surface area (Å²) in [4.78, 5) is 26.6. The van der Waals surface area contributed by atoms with Crippen molar-refractivity contribution in [1.29, 1.82) is 0 Å². The van der Waals surface area contributed by atoms with Crippen molar-refractivity contribution in [3.63, 3.8) is 0 Å². The Morgan fingerprint density at radius 1 is 1.25 bits per heavy atom. The van der Waals surface area contributed by atoms with E-state index in [0.717, 1.165) is 42.7 Å². The molecule has 0 bridgehead atoms. The van der Waals surface area contributed by atoms with Crippen LogP contribution in [-0.4, -0.2) is 35.2 Å². The van der Waals surface area contributed by atoms with Crippen molar-refractivity contribution in [1.82, 2.24) is 15.5 Å². The molecule has 3 aromatic rings. The molecule has 2 aromatic heterocycles. The molecule has 0 saturated carbocycles. The maximum Gasteiger partial charge on any atom is 0.336 e. The van der Waals surface area contributed by atoms with Gasteiger partial charge in [-0.2, -0.15) is 5.10 Å². The van der Waals surface area contributed by atoms with E-state index in [-0.39, 0.29) is 18.4 Å². The summed E-state index contributed by atoms with van der Waals surface area (Å²) in [6, 6.07) is 11.0. The fourth-order valence-corrected chi connectivity index (χ4v) is 3.65. The zero-order valence-corrected chi connectivity index (χ0v) is 15.7. The van der Waals surface area contributed by atoms with E-state index in [1.54, 1.807) is 6.20 Å². The van der Waals surface area contributed by atoms with Crippen LogP contribution >= 0.6 is 0 Å². The van der Waals surface area contributed by atoms with E-state index in [1.807, 2.05) is 37.3 Å². The molecule has 0 atom stereocenters. The second kappa shape index (κ2) is 7.80. The summed E-state index contributed by atoms with van der Waals surface area (Å²) in [7, 11) is 0. The topological polar surface area (TPSA) is 88.3 Å². The number of amides is 1. The molecule has 1 aromatic carbocycles. The highest BCUT2D eigenvalue weighted by Gasteiger charge is 2.22. The number of piperidine rings is 1. The molecule has 1 fully saturated rings. The van der Waals surface area contributed by atoms with E-state index in [4.69, 9.17) is 4.42 Å². The lowest BCUT2D eigenvalue weighted by Gasteiger charge is -2.32. The number of carbonyl (C=O) groups is 1. The molecule has 7 nitrogen and oxygen atoms in total. The van der Waals surface area contributed by atoms with Crippen LogP contribution in [0.4, 0.5) is 5.82 Å². The quantitative estimate of drug-likeness (QED) is 0.701. The second-order valence-electron chi connectivity index (χ2n) is 7.18. The molecule has 0 aliphatic carbocycles. The Morgan fingerprint density at radius 3 is 2.82 bits per heavy atom. The zero-order valence-electron chi connectivity index (χ0n) is 15.7. The highest BCUT2D eigenvalue weighted by atomic mass is 16.4. The number of benzene rings is 1. The lowest BCUT2D eigenvalue weighted by atomic mass is 10.0. The molecule has 0 spiro atoms. The van der Waals surface area contributed by atoms with Crippen LogP contribution in [0.3, 0.4) is 0 Å². The predicted molar refractivity (Wildman–Crippen MR) is 106 cm³/mol. The van der Waals surface area contributed by atoms with Gasteiger partial charge in [0.15, 0.2) is 5.82 Å². The molecule has 1 aliphatic rings. The van der Waals surface area contributed by atoms with Gasteiger partial charge in [-0.25, -0.2) is 4.79 Å². The molecule has 1 amide bonds. The molecular formula is C21H22N4O3. The van der Waals surface area contributed by atoms with E-state index in [9.17, 15) is 9.59 Å². The number of aryl methyl sites for hydroxylation is 1. The largest absolute Gasteiger partial charge is 0.423 e. The van der Waals surface area contributed by atoms with Gasteiger partial charge in [0.2, 0.25) is 5.91 Å². The van der Waals surface area contributed by atoms with Crippen LogP contribution in [0.1, 0.15) is 24.0 Å². The van der Waals surface area contributed by atoms with Gasteiger partial charge in [-0.1, -0.05) is 12.1 Å². The van der Waals surface area contributed by atoms with Crippen LogP contribution < -0.4 is 15.8 Å².